The second-order valence-electron chi connectivity index (χ2n) is 5.40. The predicted octanol–water partition coefficient (Wildman–Crippen LogP) is 2.64. The van der Waals surface area contributed by atoms with E-state index < -0.39 is 0 Å². The molecule has 1 saturated heterocycles. The van der Waals surface area contributed by atoms with Crippen molar-refractivity contribution in [2.75, 3.05) is 20.1 Å². The third-order valence-corrected chi connectivity index (χ3v) is 4.23. The van der Waals surface area contributed by atoms with Crippen LogP contribution in [0.25, 0.3) is 11.0 Å². The molecule has 1 saturated carbocycles. The molecule has 16 heavy (non-hydrogen) atoms. The maximum absolute atomic E-state index is 6.02. The molecule has 1 aliphatic carbocycles. The Kier molecular flexibility index (Phi) is 1.48. The Morgan fingerprint density at radius 2 is 2.25 bits per heavy atom. The maximum Gasteiger partial charge on any atom is 0.134 e. The molecule has 2 heterocycles. The minimum absolute atomic E-state index is 0.355. The first-order valence-corrected chi connectivity index (χ1v) is 5.95. The average molecular weight is 213 g/mol. The van der Waals surface area contributed by atoms with Crippen molar-refractivity contribution in [2.24, 2.45) is 5.92 Å². The lowest BCUT2D eigenvalue weighted by Crippen LogP contribution is -2.21. The Balaban J connectivity index is 1.83. The zero-order valence-corrected chi connectivity index (χ0v) is 9.44. The van der Waals surface area contributed by atoms with Crippen LogP contribution in [-0.4, -0.2) is 25.0 Å². The molecule has 1 aromatic carbocycles. The Labute approximate surface area is 94.8 Å². The molecule has 0 amide bonds. The standard InChI is InChI=1S/C14H15NO/c1-15-8-11-7-14(11,9-15)13-6-10-4-2-3-5-12(10)16-13/h2-6,11H,7-9H2,1H3. The molecule has 2 nitrogen and oxygen atoms in total. The fraction of sp³-hybridized carbons (Fsp3) is 0.429. The summed E-state index contributed by atoms with van der Waals surface area (Å²) in [4.78, 5) is 2.42. The van der Waals surface area contributed by atoms with Gasteiger partial charge in [-0.1, -0.05) is 18.2 Å². The van der Waals surface area contributed by atoms with Crippen LogP contribution < -0.4 is 0 Å². The Morgan fingerprint density at radius 3 is 3.00 bits per heavy atom. The van der Waals surface area contributed by atoms with E-state index in [1.54, 1.807) is 0 Å². The highest BCUT2D eigenvalue weighted by Crippen LogP contribution is 2.59. The van der Waals surface area contributed by atoms with E-state index in [-0.39, 0.29) is 0 Å². The van der Waals surface area contributed by atoms with Crippen LogP contribution in [0.15, 0.2) is 34.7 Å². The van der Waals surface area contributed by atoms with E-state index in [2.05, 4.69) is 36.2 Å². The number of likely N-dealkylation sites (tertiary alicyclic amines) is 1. The molecule has 2 aliphatic rings. The molecule has 1 aliphatic heterocycles. The molecular weight excluding hydrogens is 198 g/mol. The highest BCUT2D eigenvalue weighted by molar-refractivity contribution is 5.78. The Morgan fingerprint density at radius 1 is 1.38 bits per heavy atom. The van der Waals surface area contributed by atoms with Crippen molar-refractivity contribution in [3.63, 3.8) is 0 Å². The molecule has 2 fully saturated rings. The van der Waals surface area contributed by atoms with Gasteiger partial charge in [0.25, 0.3) is 0 Å². The Hall–Kier alpha value is -1.28. The van der Waals surface area contributed by atoms with E-state index in [0.717, 1.165) is 18.0 Å². The van der Waals surface area contributed by atoms with Crippen molar-refractivity contribution < 1.29 is 4.42 Å². The van der Waals surface area contributed by atoms with Gasteiger partial charge in [0, 0.05) is 23.9 Å². The average Bonchev–Trinajstić information content (AvgIpc) is 2.71. The molecular formula is C14H15NO. The van der Waals surface area contributed by atoms with E-state index in [4.69, 9.17) is 4.42 Å². The van der Waals surface area contributed by atoms with Gasteiger partial charge in [0.15, 0.2) is 0 Å². The summed E-state index contributed by atoms with van der Waals surface area (Å²) in [6.45, 7) is 2.40. The molecule has 2 heteroatoms. The summed E-state index contributed by atoms with van der Waals surface area (Å²) in [6, 6.07) is 10.6. The number of fused-ring (bicyclic) bond motifs is 2. The van der Waals surface area contributed by atoms with Crippen LogP contribution in [0.1, 0.15) is 12.2 Å². The molecule has 82 valence electrons. The van der Waals surface area contributed by atoms with Crippen molar-refractivity contribution in [2.45, 2.75) is 11.8 Å². The lowest BCUT2D eigenvalue weighted by molar-refractivity contribution is 0.349. The van der Waals surface area contributed by atoms with Gasteiger partial charge >= 0.3 is 0 Å². The summed E-state index contributed by atoms with van der Waals surface area (Å²) in [6.07, 6.45) is 1.32. The summed E-state index contributed by atoms with van der Waals surface area (Å²) >= 11 is 0. The summed E-state index contributed by atoms with van der Waals surface area (Å²) in [5, 5.41) is 1.24. The van der Waals surface area contributed by atoms with Crippen LogP contribution >= 0.6 is 0 Å². The lowest BCUT2D eigenvalue weighted by atomic mass is 10.0. The third-order valence-electron chi connectivity index (χ3n) is 4.23. The minimum atomic E-state index is 0.355. The zero-order valence-electron chi connectivity index (χ0n) is 9.44. The molecule has 2 unspecified atom stereocenters. The fourth-order valence-electron chi connectivity index (χ4n) is 3.34. The van der Waals surface area contributed by atoms with E-state index >= 15 is 0 Å². The summed E-state index contributed by atoms with van der Waals surface area (Å²) in [5.74, 6) is 2.04. The second-order valence-corrected chi connectivity index (χ2v) is 5.40. The van der Waals surface area contributed by atoms with Gasteiger partial charge in [-0.3, -0.25) is 0 Å². The van der Waals surface area contributed by atoms with Crippen LogP contribution in [0, 0.1) is 5.92 Å². The van der Waals surface area contributed by atoms with Gasteiger partial charge in [-0.2, -0.15) is 0 Å². The fourth-order valence-corrected chi connectivity index (χ4v) is 3.34. The van der Waals surface area contributed by atoms with Crippen molar-refractivity contribution in [3.8, 4) is 0 Å². The number of likely N-dealkylation sites (N-methyl/N-ethyl adjacent to an activating group) is 1. The number of para-hydroxylation sites is 1. The molecule has 2 aromatic rings. The van der Waals surface area contributed by atoms with Crippen molar-refractivity contribution in [1.82, 2.24) is 4.90 Å². The van der Waals surface area contributed by atoms with Crippen LogP contribution in [0.2, 0.25) is 0 Å². The van der Waals surface area contributed by atoms with Gasteiger partial charge in [0.05, 0.1) is 0 Å². The largest absolute Gasteiger partial charge is 0.460 e. The highest BCUT2D eigenvalue weighted by Gasteiger charge is 2.62. The summed E-state index contributed by atoms with van der Waals surface area (Å²) < 4.78 is 6.02. The molecule has 2 atom stereocenters. The molecule has 0 bridgehead atoms. The minimum Gasteiger partial charge on any atom is -0.460 e. The first kappa shape index (κ1) is 8.82. The van der Waals surface area contributed by atoms with Gasteiger partial charge < -0.3 is 9.32 Å². The first-order chi connectivity index (χ1) is 7.78. The smallest absolute Gasteiger partial charge is 0.134 e. The Bertz CT molecular complexity index is 526. The second kappa shape index (κ2) is 2.69. The van der Waals surface area contributed by atoms with Gasteiger partial charge in [-0.25, -0.2) is 0 Å². The zero-order chi connectivity index (χ0) is 10.8. The number of piperidine rings is 1. The summed E-state index contributed by atoms with van der Waals surface area (Å²) in [5.41, 5.74) is 1.39. The molecule has 4 rings (SSSR count). The van der Waals surface area contributed by atoms with Crippen LogP contribution in [0.4, 0.5) is 0 Å². The van der Waals surface area contributed by atoms with Gasteiger partial charge in [-0.05, 0) is 31.5 Å². The van der Waals surface area contributed by atoms with Gasteiger partial charge in [0.1, 0.15) is 11.3 Å². The number of hydrogen-bond acceptors (Lipinski definition) is 2. The van der Waals surface area contributed by atoms with E-state index in [9.17, 15) is 0 Å². The topological polar surface area (TPSA) is 16.4 Å². The summed E-state index contributed by atoms with van der Waals surface area (Å²) in [7, 11) is 2.20. The van der Waals surface area contributed by atoms with Gasteiger partial charge in [0.2, 0.25) is 0 Å². The predicted molar refractivity (Wildman–Crippen MR) is 63.5 cm³/mol. The lowest BCUT2D eigenvalue weighted by Gasteiger charge is -2.13. The SMILES string of the molecule is CN1CC2CC2(c2cc3ccccc3o2)C1. The molecule has 0 N–H and O–H groups in total. The van der Waals surface area contributed by atoms with Gasteiger partial charge in [-0.15, -0.1) is 0 Å². The molecule has 0 spiro atoms. The van der Waals surface area contributed by atoms with Crippen LogP contribution in [-0.2, 0) is 5.41 Å². The van der Waals surface area contributed by atoms with E-state index in [1.165, 1.54) is 24.1 Å². The number of hydrogen-bond donors (Lipinski definition) is 0. The number of nitrogens with zero attached hydrogens (tertiary/aromatic N) is 1. The van der Waals surface area contributed by atoms with Crippen LogP contribution in [0.5, 0.6) is 0 Å². The highest BCUT2D eigenvalue weighted by atomic mass is 16.3. The normalized spacial score (nSPS) is 33.2. The number of rotatable bonds is 1. The van der Waals surface area contributed by atoms with E-state index in [1.807, 2.05) is 6.07 Å². The monoisotopic (exact) mass is 213 g/mol. The molecule has 1 aromatic heterocycles. The quantitative estimate of drug-likeness (QED) is 0.724. The van der Waals surface area contributed by atoms with Crippen molar-refractivity contribution in [3.05, 3.63) is 36.1 Å². The maximum atomic E-state index is 6.02. The van der Waals surface area contributed by atoms with Crippen molar-refractivity contribution in [1.29, 1.82) is 0 Å². The van der Waals surface area contributed by atoms with Crippen molar-refractivity contribution >= 4 is 11.0 Å². The molecule has 0 radical (unpaired) electrons. The number of benzene rings is 1. The van der Waals surface area contributed by atoms with Crippen LogP contribution in [0.3, 0.4) is 0 Å². The van der Waals surface area contributed by atoms with E-state index in [0.29, 0.717) is 5.41 Å². The number of furan rings is 1. The third kappa shape index (κ3) is 1.00. The first-order valence-electron chi connectivity index (χ1n) is 5.95.